The van der Waals surface area contributed by atoms with Crippen molar-refractivity contribution in [2.75, 3.05) is 112 Å². The number of thiazole rings is 1. The summed E-state index contributed by atoms with van der Waals surface area (Å²) in [6.07, 6.45) is 5.69. The van der Waals surface area contributed by atoms with Crippen LogP contribution in [0.4, 0.5) is 0 Å². The van der Waals surface area contributed by atoms with Gasteiger partial charge in [-0.1, -0.05) is 53.2 Å². The number of hydrogen-bond donors (Lipinski definition) is 4. The van der Waals surface area contributed by atoms with Crippen molar-refractivity contribution in [1.82, 2.24) is 20.5 Å². The van der Waals surface area contributed by atoms with Crippen molar-refractivity contribution >= 4 is 23.2 Å². The number of aromatic hydroxyl groups is 1. The zero-order valence-electron chi connectivity index (χ0n) is 37.9. The van der Waals surface area contributed by atoms with Gasteiger partial charge >= 0.3 is 0 Å². The van der Waals surface area contributed by atoms with E-state index in [2.05, 4.69) is 50.2 Å². The summed E-state index contributed by atoms with van der Waals surface area (Å²) >= 11 is 1.43. The van der Waals surface area contributed by atoms with E-state index in [-0.39, 0.29) is 41.7 Å². The van der Waals surface area contributed by atoms with Gasteiger partial charge in [-0.05, 0) is 62.3 Å². The number of unbranched alkanes of at least 4 members (excludes halogenated alkanes) is 1. The number of carbonyl (C=O) groups is 2. The fraction of sp³-hybridized carbons (Fsp3) is 0.756. The average Bonchev–Trinajstić information content (AvgIpc) is 3.75. The first-order valence-corrected chi connectivity index (χ1v) is 23.4. The molecule has 0 aliphatic heterocycles. The molecule has 2 aromatic rings. The van der Waals surface area contributed by atoms with E-state index in [1.807, 2.05) is 12.1 Å². The van der Waals surface area contributed by atoms with Crippen molar-refractivity contribution < 1.29 is 47.9 Å². The lowest BCUT2D eigenvalue weighted by atomic mass is 9.95. The topological polar surface area (TPSA) is 185 Å². The molecule has 16 heteroatoms. The highest BCUT2D eigenvalue weighted by Gasteiger charge is 2.31. The summed E-state index contributed by atoms with van der Waals surface area (Å²) in [5, 5.41) is 19.0. The Morgan fingerprint density at radius 2 is 1.38 bits per heavy atom. The number of phenols is 1. The number of phenolic OH excluding ortho intramolecular Hbond substituents is 1. The lowest BCUT2D eigenvalue weighted by Gasteiger charge is -2.36. The van der Waals surface area contributed by atoms with Gasteiger partial charge in [-0.25, -0.2) is 4.98 Å². The number of nitrogens with one attached hydrogen (secondary N) is 2. The number of ether oxygens (including phenoxy) is 7. The minimum atomic E-state index is -0.330. The lowest BCUT2D eigenvalue weighted by molar-refractivity contribution is -0.135. The number of hydrogen-bond acceptors (Lipinski definition) is 14. The van der Waals surface area contributed by atoms with Gasteiger partial charge in [-0.2, -0.15) is 0 Å². The molecule has 0 saturated carbocycles. The third-order valence-corrected chi connectivity index (χ3v) is 10.6. The molecule has 0 radical (unpaired) electrons. The maximum absolute atomic E-state index is 13.7. The van der Waals surface area contributed by atoms with Crippen molar-refractivity contribution in [1.29, 1.82) is 0 Å². The molecule has 1 heterocycles. The van der Waals surface area contributed by atoms with Crippen molar-refractivity contribution in [3.8, 4) is 5.75 Å². The molecular weight excluding hydrogens is 803 g/mol. The van der Waals surface area contributed by atoms with Crippen LogP contribution >= 0.6 is 11.3 Å². The van der Waals surface area contributed by atoms with E-state index >= 15 is 0 Å². The molecule has 0 saturated heterocycles. The Kier molecular flexibility index (Phi) is 31.8. The van der Waals surface area contributed by atoms with Crippen LogP contribution in [0.5, 0.6) is 5.75 Å². The minimum absolute atomic E-state index is 0.00828. The Hall–Kier alpha value is -2.77. The minimum Gasteiger partial charge on any atom is -0.508 e. The third kappa shape index (κ3) is 25.2. The Morgan fingerprint density at radius 1 is 0.787 bits per heavy atom. The van der Waals surface area contributed by atoms with Crippen LogP contribution < -0.4 is 16.4 Å². The Morgan fingerprint density at radius 3 is 1.92 bits per heavy atom. The number of nitrogens with two attached hydrogens (primary N) is 1. The van der Waals surface area contributed by atoms with Crippen LogP contribution in [0.3, 0.4) is 0 Å². The van der Waals surface area contributed by atoms with Gasteiger partial charge in [0.05, 0.1) is 79.3 Å². The van der Waals surface area contributed by atoms with Crippen LogP contribution in [0.15, 0.2) is 29.6 Å². The fourth-order valence-electron chi connectivity index (χ4n) is 6.44. The molecule has 2 amide bonds. The molecule has 0 spiro atoms. The van der Waals surface area contributed by atoms with Gasteiger partial charge in [0.25, 0.3) is 5.91 Å². The summed E-state index contributed by atoms with van der Waals surface area (Å²) in [7, 11) is 0. The van der Waals surface area contributed by atoms with Gasteiger partial charge in [-0.3, -0.25) is 9.59 Å². The number of rotatable bonds is 40. The van der Waals surface area contributed by atoms with Crippen molar-refractivity contribution in [2.24, 2.45) is 11.7 Å². The molecule has 1 aromatic carbocycles. The third-order valence-electron chi connectivity index (χ3n) is 9.68. The van der Waals surface area contributed by atoms with Crippen LogP contribution in [0, 0.1) is 5.92 Å². The highest BCUT2D eigenvalue weighted by molar-refractivity contribution is 7.09. The summed E-state index contributed by atoms with van der Waals surface area (Å²) in [6.45, 7) is 19.8. The summed E-state index contributed by atoms with van der Waals surface area (Å²) in [5.41, 5.74) is 6.72. The van der Waals surface area contributed by atoms with Gasteiger partial charge < -0.3 is 59.5 Å². The molecule has 350 valence electrons. The molecule has 1 unspecified atom stereocenters. The molecule has 0 fully saturated rings. The predicted molar refractivity (Wildman–Crippen MR) is 240 cm³/mol. The lowest BCUT2D eigenvalue weighted by Crippen LogP contribution is -2.44. The number of nitrogens with zero attached hydrogens (tertiary/aromatic N) is 2. The maximum atomic E-state index is 13.7. The standard InChI is InChI=1S/C45H79N5O10S/c1-6-9-10-43(52)50(19-7-2)41(36(4)5)34-42(60-20-8-3)45-49-40(35-61-45)44(53)48-38(33-37-11-13-39(51)14-12-37)15-17-47-18-22-55-24-26-57-28-30-59-32-31-58-29-27-56-25-23-54-21-16-46/h11-14,35-36,38,41-42,47,51H,6-10,15-34,46H2,1-5H3,(H,48,53)/t38-,41?,42-/m1/s1. The number of benzene rings is 1. The van der Waals surface area contributed by atoms with Crippen LogP contribution in [-0.4, -0.2) is 151 Å². The first-order chi connectivity index (χ1) is 29.7. The SMILES string of the molecule is CCCCC(=O)N(CCC)C(C[C@@H](OCCC)c1nc(C(=O)N[C@H](CCNCCOCCOCCOCCOCCOCCOCCN)Cc2ccc(O)cc2)cs1)C(C)C. The second-order valence-corrected chi connectivity index (χ2v) is 16.1. The fourth-order valence-corrected chi connectivity index (χ4v) is 7.30. The Bertz CT molecular complexity index is 1370. The van der Waals surface area contributed by atoms with E-state index in [1.54, 1.807) is 17.5 Å². The normalized spacial score (nSPS) is 13.1. The molecule has 5 N–H and O–H groups in total. The van der Waals surface area contributed by atoms with E-state index in [0.29, 0.717) is 143 Å². The first-order valence-electron chi connectivity index (χ1n) is 22.6. The smallest absolute Gasteiger partial charge is 0.270 e. The summed E-state index contributed by atoms with van der Waals surface area (Å²) < 4.78 is 39.3. The highest BCUT2D eigenvalue weighted by atomic mass is 32.1. The summed E-state index contributed by atoms with van der Waals surface area (Å²) in [4.78, 5) is 33.9. The van der Waals surface area contributed by atoms with Gasteiger partial charge in [0.15, 0.2) is 0 Å². The van der Waals surface area contributed by atoms with E-state index in [0.717, 1.165) is 36.3 Å². The maximum Gasteiger partial charge on any atom is 0.270 e. The molecule has 0 aliphatic rings. The average molecular weight is 882 g/mol. The van der Waals surface area contributed by atoms with Crippen LogP contribution in [0.1, 0.15) is 107 Å². The molecule has 15 nitrogen and oxygen atoms in total. The molecule has 1 aromatic heterocycles. The van der Waals surface area contributed by atoms with Gasteiger partial charge in [0.1, 0.15) is 22.6 Å². The quantitative estimate of drug-likeness (QED) is 0.0613. The van der Waals surface area contributed by atoms with E-state index in [1.165, 1.54) is 11.3 Å². The van der Waals surface area contributed by atoms with Gasteiger partial charge in [0.2, 0.25) is 5.91 Å². The number of aromatic nitrogens is 1. The second kappa shape index (κ2) is 35.7. The summed E-state index contributed by atoms with van der Waals surface area (Å²) in [5.74, 6) is 0.376. The van der Waals surface area contributed by atoms with E-state index in [9.17, 15) is 14.7 Å². The highest BCUT2D eigenvalue weighted by Crippen LogP contribution is 2.31. The Balaban J connectivity index is 1.80. The van der Waals surface area contributed by atoms with Crippen LogP contribution in [0.25, 0.3) is 0 Å². The van der Waals surface area contributed by atoms with Crippen molar-refractivity contribution in [2.45, 2.75) is 104 Å². The van der Waals surface area contributed by atoms with Crippen molar-refractivity contribution in [3.63, 3.8) is 0 Å². The van der Waals surface area contributed by atoms with Gasteiger partial charge in [0, 0.05) is 56.5 Å². The largest absolute Gasteiger partial charge is 0.508 e. The number of carbonyl (C=O) groups excluding carboxylic acids is 2. The number of amides is 2. The molecule has 0 bridgehead atoms. The Labute approximate surface area is 370 Å². The zero-order valence-corrected chi connectivity index (χ0v) is 38.7. The molecule has 3 atom stereocenters. The van der Waals surface area contributed by atoms with Crippen LogP contribution in [0.2, 0.25) is 0 Å². The molecule has 0 aliphatic carbocycles. The van der Waals surface area contributed by atoms with Gasteiger partial charge in [-0.15, -0.1) is 11.3 Å². The van der Waals surface area contributed by atoms with Crippen molar-refractivity contribution in [3.05, 3.63) is 45.9 Å². The van der Waals surface area contributed by atoms with E-state index in [4.69, 9.17) is 43.9 Å². The summed E-state index contributed by atoms with van der Waals surface area (Å²) in [6, 6.07) is 6.87. The predicted octanol–water partition coefficient (Wildman–Crippen LogP) is 5.54. The second-order valence-electron chi connectivity index (χ2n) is 15.2. The molecule has 2 rings (SSSR count). The molecular formula is C45H79N5O10S. The zero-order chi connectivity index (χ0) is 44.3. The first kappa shape index (κ1) is 54.4. The molecule has 61 heavy (non-hydrogen) atoms. The van der Waals surface area contributed by atoms with Crippen LogP contribution in [-0.2, 0) is 44.4 Å². The van der Waals surface area contributed by atoms with E-state index < -0.39 is 0 Å². The monoisotopic (exact) mass is 882 g/mol.